The maximum absolute atomic E-state index is 6.07. The molecule has 2 aromatic carbocycles. The van der Waals surface area contributed by atoms with E-state index in [2.05, 4.69) is 20.3 Å². The smallest absolute Gasteiger partial charge is 0.300 e. The monoisotopic (exact) mass is 394 g/mol. The molecule has 30 heavy (non-hydrogen) atoms. The largest absolute Gasteiger partial charge is 0.438 e. The molecule has 0 bridgehead atoms. The molecule has 6 heteroatoms. The van der Waals surface area contributed by atoms with Crippen LogP contribution < -0.4 is 10.1 Å². The fourth-order valence-electron chi connectivity index (χ4n) is 3.21. The number of aromatic nitrogens is 3. The Balaban J connectivity index is 1.36. The molecule has 0 aliphatic carbocycles. The molecule has 5 aromatic rings. The first kappa shape index (κ1) is 17.9. The predicted octanol–water partition coefficient (Wildman–Crippen LogP) is 6.13. The van der Waals surface area contributed by atoms with Crippen LogP contribution in [0.25, 0.3) is 22.2 Å². The highest BCUT2D eigenvalue weighted by molar-refractivity contribution is 5.75. The molecule has 146 valence electrons. The number of hydrogen-bond donors (Lipinski definition) is 1. The summed E-state index contributed by atoms with van der Waals surface area (Å²) in [5.41, 5.74) is 5.22. The highest BCUT2D eigenvalue weighted by Gasteiger charge is 2.11. The normalized spacial score (nSPS) is 10.8. The third-order valence-electron chi connectivity index (χ3n) is 4.68. The molecule has 1 N–H and O–H groups in total. The molecule has 0 aliphatic rings. The zero-order valence-corrected chi connectivity index (χ0v) is 16.2. The molecule has 5 rings (SSSR count). The van der Waals surface area contributed by atoms with Gasteiger partial charge in [0, 0.05) is 34.9 Å². The number of nitrogens with one attached hydrogen (secondary N) is 1. The Morgan fingerprint density at radius 3 is 2.37 bits per heavy atom. The SMILES string of the molecule is Cc1ncccc1-c1cccnc1Oc1ccc(Nc2nc3ccccc3o2)cc1. The Bertz CT molecular complexity index is 1280. The zero-order valence-electron chi connectivity index (χ0n) is 16.2. The molecule has 0 aliphatic heterocycles. The lowest BCUT2D eigenvalue weighted by molar-refractivity contribution is 0.465. The van der Waals surface area contributed by atoms with E-state index in [1.807, 2.05) is 79.7 Å². The van der Waals surface area contributed by atoms with Crippen LogP contribution in [-0.2, 0) is 0 Å². The van der Waals surface area contributed by atoms with E-state index in [9.17, 15) is 0 Å². The number of pyridine rings is 2. The number of para-hydroxylation sites is 2. The van der Waals surface area contributed by atoms with Gasteiger partial charge in [0.05, 0.1) is 0 Å². The van der Waals surface area contributed by atoms with Crippen LogP contribution in [0.3, 0.4) is 0 Å². The van der Waals surface area contributed by atoms with Gasteiger partial charge in [-0.25, -0.2) is 4.98 Å². The van der Waals surface area contributed by atoms with E-state index in [4.69, 9.17) is 9.15 Å². The molecule has 0 fully saturated rings. The molecular weight excluding hydrogens is 376 g/mol. The standard InChI is InChI=1S/C24H18N4O2/c1-16-19(6-4-14-25-16)20-7-5-15-26-23(20)29-18-12-10-17(11-13-18)27-24-28-21-8-2-3-9-22(21)30-24/h2-15H,1H3,(H,27,28). The van der Waals surface area contributed by atoms with Gasteiger partial charge in [-0.2, -0.15) is 4.98 Å². The fraction of sp³-hybridized carbons (Fsp3) is 0.0417. The van der Waals surface area contributed by atoms with E-state index in [1.165, 1.54) is 0 Å². The van der Waals surface area contributed by atoms with Crippen molar-refractivity contribution in [3.8, 4) is 22.8 Å². The average Bonchev–Trinajstić information content (AvgIpc) is 3.18. The van der Waals surface area contributed by atoms with Gasteiger partial charge < -0.3 is 14.5 Å². The first-order valence-corrected chi connectivity index (χ1v) is 9.54. The number of aryl methyl sites for hydroxylation is 1. The second-order valence-electron chi connectivity index (χ2n) is 6.73. The summed E-state index contributed by atoms with van der Waals surface area (Å²) in [5.74, 6) is 1.22. The van der Waals surface area contributed by atoms with Gasteiger partial charge in [0.15, 0.2) is 5.58 Å². The first-order chi connectivity index (χ1) is 14.8. The van der Waals surface area contributed by atoms with Crippen molar-refractivity contribution in [3.63, 3.8) is 0 Å². The summed E-state index contributed by atoms with van der Waals surface area (Å²) in [6.07, 6.45) is 3.49. The van der Waals surface area contributed by atoms with Crippen molar-refractivity contribution < 1.29 is 9.15 Å². The van der Waals surface area contributed by atoms with Crippen LogP contribution in [0.5, 0.6) is 11.6 Å². The topological polar surface area (TPSA) is 73.1 Å². The number of benzene rings is 2. The van der Waals surface area contributed by atoms with Crippen LogP contribution in [-0.4, -0.2) is 15.0 Å². The van der Waals surface area contributed by atoms with Gasteiger partial charge >= 0.3 is 0 Å². The number of oxazole rings is 1. The number of rotatable bonds is 5. The van der Waals surface area contributed by atoms with Crippen molar-refractivity contribution in [3.05, 3.63) is 90.9 Å². The summed E-state index contributed by atoms with van der Waals surface area (Å²) in [6, 6.07) is 23.5. The van der Waals surface area contributed by atoms with Crippen molar-refractivity contribution in [2.45, 2.75) is 6.92 Å². The fourth-order valence-corrected chi connectivity index (χ4v) is 3.21. The summed E-state index contributed by atoms with van der Waals surface area (Å²) in [7, 11) is 0. The van der Waals surface area contributed by atoms with Gasteiger partial charge in [0.25, 0.3) is 6.01 Å². The quantitative estimate of drug-likeness (QED) is 0.387. The third kappa shape index (κ3) is 3.58. The second-order valence-corrected chi connectivity index (χ2v) is 6.73. The molecule has 0 spiro atoms. The molecule has 6 nitrogen and oxygen atoms in total. The van der Waals surface area contributed by atoms with Crippen LogP contribution in [0.1, 0.15) is 5.69 Å². The molecule has 0 amide bonds. The van der Waals surface area contributed by atoms with Crippen LogP contribution in [0.15, 0.2) is 89.6 Å². The minimum Gasteiger partial charge on any atom is -0.438 e. The Morgan fingerprint density at radius 2 is 1.57 bits per heavy atom. The van der Waals surface area contributed by atoms with Gasteiger partial charge in [-0.05, 0) is 61.5 Å². The molecule has 0 radical (unpaired) electrons. The molecule has 3 heterocycles. The highest BCUT2D eigenvalue weighted by Crippen LogP contribution is 2.33. The maximum Gasteiger partial charge on any atom is 0.300 e. The van der Waals surface area contributed by atoms with Crippen LogP contribution in [0.4, 0.5) is 11.7 Å². The Morgan fingerprint density at radius 1 is 0.800 bits per heavy atom. The number of hydrogen-bond acceptors (Lipinski definition) is 6. The summed E-state index contributed by atoms with van der Waals surface area (Å²) in [4.78, 5) is 13.2. The van der Waals surface area contributed by atoms with Gasteiger partial charge in [0.1, 0.15) is 11.3 Å². The van der Waals surface area contributed by atoms with Crippen molar-refractivity contribution in [1.82, 2.24) is 15.0 Å². The molecule has 0 saturated carbocycles. The minimum absolute atomic E-state index is 0.448. The Labute approximate surface area is 173 Å². The van der Waals surface area contributed by atoms with E-state index < -0.39 is 0 Å². The Hall–Kier alpha value is -4.19. The lowest BCUT2D eigenvalue weighted by Crippen LogP contribution is -1.94. The molecule has 0 atom stereocenters. The summed E-state index contributed by atoms with van der Waals surface area (Å²) >= 11 is 0. The van der Waals surface area contributed by atoms with Crippen molar-refractivity contribution in [1.29, 1.82) is 0 Å². The maximum atomic E-state index is 6.07. The van der Waals surface area contributed by atoms with Gasteiger partial charge in [0.2, 0.25) is 5.88 Å². The number of ether oxygens (including phenoxy) is 1. The number of anilines is 2. The van der Waals surface area contributed by atoms with Gasteiger partial charge in [-0.3, -0.25) is 4.98 Å². The minimum atomic E-state index is 0.448. The summed E-state index contributed by atoms with van der Waals surface area (Å²) in [6.45, 7) is 1.97. The van der Waals surface area contributed by atoms with Gasteiger partial charge in [-0.1, -0.05) is 18.2 Å². The number of nitrogens with zero attached hydrogens (tertiary/aromatic N) is 3. The lowest BCUT2D eigenvalue weighted by Gasteiger charge is -2.11. The van der Waals surface area contributed by atoms with Crippen LogP contribution >= 0.6 is 0 Å². The molecular formula is C24H18N4O2. The van der Waals surface area contributed by atoms with E-state index in [1.54, 1.807) is 12.4 Å². The highest BCUT2D eigenvalue weighted by atomic mass is 16.5. The second kappa shape index (κ2) is 7.67. The van der Waals surface area contributed by atoms with Crippen LogP contribution in [0.2, 0.25) is 0 Å². The zero-order chi connectivity index (χ0) is 20.3. The van der Waals surface area contributed by atoms with Crippen molar-refractivity contribution in [2.24, 2.45) is 0 Å². The number of fused-ring (bicyclic) bond motifs is 1. The average molecular weight is 394 g/mol. The van der Waals surface area contributed by atoms with Crippen molar-refractivity contribution >= 4 is 22.8 Å². The molecule has 3 aromatic heterocycles. The molecule has 0 unspecified atom stereocenters. The third-order valence-corrected chi connectivity index (χ3v) is 4.68. The first-order valence-electron chi connectivity index (χ1n) is 9.54. The van der Waals surface area contributed by atoms with E-state index in [0.29, 0.717) is 17.6 Å². The van der Waals surface area contributed by atoms with E-state index >= 15 is 0 Å². The predicted molar refractivity (Wildman–Crippen MR) is 116 cm³/mol. The van der Waals surface area contributed by atoms with Crippen molar-refractivity contribution in [2.75, 3.05) is 5.32 Å². The van der Waals surface area contributed by atoms with Crippen LogP contribution in [0, 0.1) is 6.92 Å². The Kier molecular flexibility index (Phi) is 4.57. The summed E-state index contributed by atoms with van der Waals surface area (Å²) in [5, 5.41) is 3.17. The van der Waals surface area contributed by atoms with Gasteiger partial charge in [-0.15, -0.1) is 0 Å². The van der Waals surface area contributed by atoms with E-state index in [-0.39, 0.29) is 0 Å². The lowest BCUT2D eigenvalue weighted by atomic mass is 10.1. The molecule has 0 saturated heterocycles. The summed E-state index contributed by atoms with van der Waals surface area (Å²) < 4.78 is 11.8. The van der Waals surface area contributed by atoms with E-state index in [0.717, 1.165) is 33.6 Å².